The predicted octanol–water partition coefficient (Wildman–Crippen LogP) is 1.92. The quantitative estimate of drug-likeness (QED) is 0.739. The molecule has 3 N–H and O–H groups in total. The van der Waals surface area contributed by atoms with Gasteiger partial charge in [-0.1, -0.05) is 0 Å². The van der Waals surface area contributed by atoms with Gasteiger partial charge in [0.1, 0.15) is 0 Å². The van der Waals surface area contributed by atoms with E-state index < -0.39 is 37.1 Å². The molecule has 0 aromatic carbocycles. The zero-order chi connectivity index (χ0) is 13.2. The van der Waals surface area contributed by atoms with E-state index in [4.69, 9.17) is 5.11 Å². The first-order valence-electron chi connectivity index (χ1n) is 4.17. The summed E-state index contributed by atoms with van der Waals surface area (Å²) >= 11 is 0. The lowest BCUT2D eigenvalue weighted by atomic mass is 9.99. The monoisotopic (exact) mass is 257 g/mol. The number of hydrogen-bond donors (Lipinski definition) is 2. The molecule has 0 heterocycles. The maximum atomic E-state index is 12.7. The first-order valence-corrected chi connectivity index (χ1v) is 4.17. The number of rotatable bonds is 5. The molecule has 0 fully saturated rings. The molecule has 0 aromatic rings. The summed E-state index contributed by atoms with van der Waals surface area (Å²) in [6.45, 7) is -0.624. The van der Waals surface area contributed by atoms with Crippen LogP contribution in [0, 0.1) is 0 Å². The van der Waals surface area contributed by atoms with Crippen molar-refractivity contribution < 1.29 is 35.8 Å². The summed E-state index contributed by atoms with van der Waals surface area (Å²) in [5.74, 6) is -11.6. The van der Waals surface area contributed by atoms with Gasteiger partial charge in [0.25, 0.3) is 0 Å². The summed E-state index contributed by atoms with van der Waals surface area (Å²) in [4.78, 5) is 0. The molecule has 2 nitrogen and oxygen atoms in total. The second-order valence-corrected chi connectivity index (χ2v) is 3.17. The Morgan fingerprint density at radius 3 is 1.75 bits per heavy atom. The van der Waals surface area contributed by atoms with E-state index in [0.29, 0.717) is 0 Å². The van der Waals surface area contributed by atoms with Crippen molar-refractivity contribution in [2.45, 2.75) is 36.9 Å². The highest BCUT2D eigenvalue weighted by Crippen LogP contribution is 2.48. The van der Waals surface area contributed by atoms with Gasteiger partial charge in [0.05, 0.1) is 6.04 Å². The van der Waals surface area contributed by atoms with E-state index in [9.17, 15) is 30.7 Å². The molecular weight excluding hydrogens is 247 g/mol. The second kappa shape index (κ2) is 4.74. The molecule has 98 valence electrons. The Kier molecular flexibility index (Phi) is 4.57. The van der Waals surface area contributed by atoms with Crippen molar-refractivity contribution >= 4 is 0 Å². The molecule has 0 aliphatic carbocycles. The highest BCUT2D eigenvalue weighted by Gasteiger charge is 2.74. The van der Waals surface area contributed by atoms with Gasteiger partial charge < -0.3 is 10.8 Å². The molecule has 1 atom stereocenters. The summed E-state index contributed by atoms with van der Waals surface area (Å²) in [5, 5.41) is 8.23. The lowest BCUT2D eigenvalue weighted by Crippen LogP contribution is -2.60. The van der Waals surface area contributed by atoms with E-state index in [1.54, 1.807) is 0 Å². The molecule has 0 saturated carbocycles. The first kappa shape index (κ1) is 15.4. The molecule has 0 unspecified atom stereocenters. The largest absolute Gasteiger partial charge is 0.459 e. The van der Waals surface area contributed by atoms with Crippen LogP contribution < -0.4 is 5.73 Å². The normalized spacial score (nSPS) is 16.3. The summed E-state index contributed by atoms with van der Waals surface area (Å²) in [6.07, 6.45) is -7.59. The van der Waals surface area contributed by atoms with Crippen molar-refractivity contribution in [3.8, 4) is 0 Å². The summed E-state index contributed by atoms with van der Waals surface area (Å²) in [5.41, 5.74) is 4.58. The Bertz CT molecular complexity index is 227. The van der Waals surface area contributed by atoms with Gasteiger partial charge >= 0.3 is 18.0 Å². The summed E-state index contributed by atoms with van der Waals surface area (Å²) in [6, 6.07) is -2.67. The Morgan fingerprint density at radius 2 is 1.44 bits per heavy atom. The van der Waals surface area contributed by atoms with Gasteiger partial charge in [-0.25, -0.2) is 0 Å². The predicted molar refractivity (Wildman–Crippen MR) is 40.2 cm³/mol. The second-order valence-electron chi connectivity index (χ2n) is 3.17. The fourth-order valence-corrected chi connectivity index (χ4v) is 0.914. The van der Waals surface area contributed by atoms with Crippen LogP contribution in [0.2, 0.25) is 0 Å². The van der Waals surface area contributed by atoms with Gasteiger partial charge in [-0.3, -0.25) is 0 Å². The Morgan fingerprint density at radius 1 is 1.00 bits per heavy atom. The molecule has 16 heavy (non-hydrogen) atoms. The molecule has 0 aromatic heterocycles. The van der Waals surface area contributed by atoms with E-state index in [1.807, 2.05) is 0 Å². The van der Waals surface area contributed by atoms with Crippen molar-refractivity contribution in [2.75, 3.05) is 6.61 Å². The molecular formula is C7H10F7NO. The Hall–Kier alpha value is -0.570. The highest BCUT2D eigenvalue weighted by molar-refractivity contribution is 4.97. The van der Waals surface area contributed by atoms with Crippen LogP contribution in [0.5, 0.6) is 0 Å². The number of alkyl halides is 7. The third-order valence-electron chi connectivity index (χ3n) is 1.91. The zero-order valence-electron chi connectivity index (χ0n) is 7.87. The van der Waals surface area contributed by atoms with Crippen molar-refractivity contribution in [2.24, 2.45) is 5.73 Å². The van der Waals surface area contributed by atoms with Crippen molar-refractivity contribution in [3.63, 3.8) is 0 Å². The molecule has 0 spiro atoms. The van der Waals surface area contributed by atoms with Crippen LogP contribution >= 0.6 is 0 Å². The van der Waals surface area contributed by atoms with Crippen LogP contribution in [0.4, 0.5) is 30.7 Å². The average Bonchev–Trinajstić information content (AvgIpc) is 2.11. The van der Waals surface area contributed by atoms with Crippen LogP contribution in [0.25, 0.3) is 0 Å². The molecule has 0 bridgehead atoms. The SMILES string of the molecule is N[C@H](CCCO)C(F)(F)C(F)(F)C(F)(F)F. The third kappa shape index (κ3) is 2.76. The minimum absolute atomic E-state index is 0.384. The van der Waals surface area contributed by atoms with Gasteiger partial charge in [0, 0.05) is 6.61 Å². The molecule has 0 rings (SSSR count). The summed E-state index contributed by atoms with van der Waals surface area (Å²) < 4.78 is 85.2. The van der Waals surface area contributed by atoms with Crippen molar-refractivity contribution in [1.29, 1.82) is 0 Å². The minimum atomic E-state index is -6.37. The third-order valence-corrected chi connectivity index (χ3v) is 1.91. The standard InChI is InChI=1S/C7H10F7NO/c8-5(9,4(15)2-1-3-16)6(10,11)7(12,13)14/h4,16H,1-3,15H2/t4-/m1/s1. The maximum Gasteiger partial charge on any atom is 0.459 e. The minimum Gasteiger partial charge on any atom is -0.396 e. The Balaban J connectivity index is 4.89. The van der Waals surface area contributed by atoms with Gasteiger partial charge in [0.2, 0.25) is 0 Å². The average molecular weight is 257 g/mol. The van der Waals surface area contributed by atoms with Gasteiger partial charge in [-0.05, 0) is 12.8 Å². The van der Waals surface area contributed by atoms with E-state index in [0.717, 1.165) is 0 Å². The number of hydrogen-bond acceptors (Lipinski definition) is 2. The van der Waals surface area contributed by atoms with E-state index in [-0.39, 0.29) is 6.42 Å². The zero-order valence-corrected chi connectivity index (χ0v) is 7.87. The number of nitrogens with two attached hydrogens (primary N) is 1. The highest BCUT2D eigenvalue weighted by atomic mass is 19.4. The molecule has 0 aliphatic heterocycles. The molecule has 0 amide bonds. The van der Waals surface area contributed by atoms with E-state index in [1.165, 1.54) is 0 Å². The summed E-state index contributed by atoms with van der Waals surface area (Å²) in [7, 11) is 0. The van der Waals surface area contributed by atoms with Crippen LogP contribution in [-0.2, 0) is 0 Å². The van der Waals surface area contributed by atoms with Crippen LogP contribution in [0.1, 0.15) is 12.8 Å². The lowest BCUT2D eigenvalue weighted by molar-refractivity contribution is -0.358. The van der Waals surface area contributed by atoms with Gasteiger partial charge in [-0.15, -0.1) is 0 Å². The fraction of sp³-hybridized carbons (Fsp3) is 1.00. The van der Waals surface area contributed by atoms with Crippen molar-refractivity contribution in [3.05, 3.63) is 0 Å². The van der Waals surface area contributed by atoms with Crippen LogP contribution in [0.3, 0.4) is 0 Å². The smallest absolute Gasteiger partial charge is 0.396 e. The molecule has 0 saturated heterocycles. The van der Waals surface area contributed by atoms with Crippen molar-refractivity contribution in [1.82, 2.24) is 0 Å². The topological polar surface area (TPSA) is 46.2 Å². The lowest BCUT2D eigenvalue weighted by Gasteiger charge is -2.32. The molecule has 0 aliphatic rings. The number of aliphatic hydroxyl groups is 1. The first-order chi connectivity index (χ1) is 6.98. The maximum absolute atomic E-state index is 12.7. The van der Waals surface area contributed by atoms with Crippen LogP contribution in [-0.4, -0.2) is 35.8 Å². The molecule has 9 heteroatoms. The van der Waals surface area contributed by atoms with E-state index >= 15 is 0 Å². The van der Waals surface area contributed by atoms with Gasteiger partial charge in [0.15, 0.2) is 0 Å². The Labute approximate surface area is 86.2 Å². The fourth-order valence-electron chi connectivity index (χ4n) is 0.914. The van der Waals surface area contributed by atoms with E-state index in [2.05, 4.69) is 5.73 Å². The van der Waals surface area contributed by atoms with Gasteiger partial charge in [-0.2, -0.15) is 30.7 Å². The number of aliphatic hydroxyl groups excluding tert-OH is 1. The number of halogens is 7. The van der Waals surface area contributed by atoms with Crippen LogP contribution in [0.15, 0.2) is 0 Å². The molecule has 0 radical (unpaired) electrons.